The molecule has 0 unspecified atom stereocenters. The van der Waals surface area contributed by atoms with Gasteiger partial charge in [-0.3, -0.25) is 19.1 Å². The summed E-state index contributed by atoms with van der Waals surface area (Å²) in [6, 6.07) is 15.9. The molecule has 1 fully saturated rings. The van der Waals surface area contributed by atoms with Crippen LogP contribution < -0.4 is 10.1 Å². The number of nitrogens with zero attached hydrogens (tertiary/aromatic N) is 6. The topological polar surface area (TPSA) is 124 Å². The van der Waals surface area contributed by atoms with Crippen molar-refractivity contribution in [3.8, 4) is 17.1 Å². The summed E-state index contributed by atoms with van der Waals surface area (Å²) in [7, 11) is 0. The summed E-state index contributed by atoms with van der Waals surface area (Å²) in [6.45, 7) is 5.11. The van der Waals surface area contributed by atoms with Gasteiger partial charge < -0.3 is 29.2 Å². The average molecular weight is 674 g/mol. The van der Waals surface area contributed by atoms with Crippen LogP contribution in [0, 0.1) is 0 Å². The second kappa shape index (κ2) is 15.5. The second-order valence-electron chi connectivity index (χ2n) is 11.9. The predicted octanol–water partition coefficient (Wildman–Crippen LogP) is 4.21. The molecule has 2 atom stereocenters. The number of ether oxygens (including phenoxy) is 2. The van der Waals surface area contributed by atoms with Crippen LogP contribution in [-0.2, 0) is 27.4 Å². The van der Waals surface area contributed by atoms with E-state index in [2.05, 4.69) is 20.0 Å². The highest BCUT2D eigenvalue weighted by Crippen LogP contribution is 2.30. The minimum atomic E-state index is -0.938. The van der Waals surface area contributed by atoms with Crippen LogP contribution in [0.1, 0.15) is 48.3 Å². The van der Waals surface area contributed by atoms with Crippen LogP contribution in [0.15, 0.2) is 73.2 Å². The normalized spacial score (nSPS) is 19.5. The fraction of sp³-hybridized carbons (Fsp3) is 0.400. The van der Waals surface area contributed by atoms with Gasteiger partial charge in [0.15, 0.2) is 6.10 Å². The van der Waals surface area contributed by atoms with Crippen molar-refractivity contribution in [3.63, 3.8) is 0 Å². The van der Waals surface area contributed by atoms with Crippen LogP contribution in [0.25, 0.3) is 11.4 Å². The van der Waals surface area contributed by atoms with Crippen molar-refractivity contribution in [2.24, 2.45) is 0 Å². The van der Waals surface area contributed by atoms with Gasteiger partial charge in [0.2, 0.25) is 5.91 Å². The van der Waals surface area contributed by atoms with E-state index in [9.17, 15) is 14.4 Å². The lowest BCUT2D eigenvalue weighted by molar-refractivity contribution is -0.155. The standard InChI is InChI=1S/C35H40ClN7O5/c1-2-43-19-13-29(39-43)34(45)42-16-6-5-15-41(35(46)32-31(38-30(44)24-48-32)27-11-3-4-12-28(27)36)18-8-17-40-20-14-37-33(40)25-9-7-10-26(23-25)47-22-21-42/h3-4,7,9-14,19-20,23,31-32H,2,5-6,8,15-18,21-22,24H2,1H3,(H,38,44)/t31-,32+/m1/s1. The van der Waals surface area contributed by atoms with E-state index in [4.69, 9.17) is 21.1 Å². The van der Waals surface area contributed by atoms with Gasteiger partial charge in [-0.15, -0.1) is 0 Å². The van der Waals surface area contributed by atoms with Crippen LogP contribution in [0.4, 0.5) is 0 Å². The molecule has 2 bridgehead atoms. The van der Waals surface area contributed by atoms with Gasteiger partial charge in [0.1, 0.15) is 30.5 Å². The Hall–Kier alpha value is -4.68. The Morgan fingerprint density at radius 3 is 2.58 bits per heavy atom. The average Bonchev–Trinajstić information content (AvgIpc) is 3.78. The largest absolute Gasteiger partial charge is 0.492 e. The molecule has 252 valence electrons. The van der Waals surface area contributed by atoms with Crippen molar-refractivity contribution in [1.82, 2.24) is 34.4 Å². The lowest BCUT2D eigenvalue weighted by Gasteiger charge is -2.35. The number of carbonyl (C=O) groups excluding carboxylic acids is 3. The number of fused-ring (bicyclic) bond motifs is 4. The highest BCUT2D eigenvalue weighted by atomic mass is 35.5. The number of rotatable bonds is 4. The number of hydrogen-bond acceptors (Lipinski definition) is 7. The van der Waals surface area contributed by atoms with E-state index >= 15 is 0 Å². The van der Waals surface area contributed by atoms with Gasteiger partial charge in [-0.25, -0.2) is 4.98 Å². The van der Waals surface area contributed by atoms with Crippen molar-refractivity contribution in [2.45, 2.75) is 51.4 Å². The molecular weight excluding hydrogens is 634 g/mol. The van der Waals surface area contributed by atoms with E-state index in [1.165, 1.54) is 0 Å². The van der Waals surface area contributed by atoms with Gasteiger partial charge in [-0.2, -0.15) is 5.10 Å². The Labute approximate surface area is 284 Å². The zero-order valence-electron chi connectivity index (χ0n) is 27.0. The first-order valence-corrected chi connectivity index (χ1v) is 16.8. The number of imidazole rings is 1. The lowest BCUT2D eigenvalue weighted by atomic mass is 9.98. The van der Waals surface area contributed by atoms with Crippen LogP contribution in [0.2, 0.25) is 5.02 Å². The third-order valence-corrected chi connectivity index (χ3v) is 8.99. The summed E-state index contributed by atoms with van der Waals surface area (Å²) < 4.78 is 15.8. The number of morpholine rings is 1. The fourth-order valence-corrected chi connectivity index (χ4v) is 6.41. The number of nitrogens with one attached hydrogen (secondary N) is 1. The SMILES string of the molecule is CCn1ccc(C(=O)N2CCCCN(C(=O)[C@H]3OCC(=O)N[C@@H]3c3ccccc3Cl)CCCn3ccnc3-c3cccc(c3)OCC2)n1. The van der Waals surface area contributed by atoms with Crippen molar-refractivity contribution in [1.29, 1.82) is 0 Å². The maximum absolute atomic E-state index is 14.2. The molecule has 2 aliphatic heterocycles. The maximum Gasteiger partial charge on any atom is 0.274 e. The van der Waals surface area contributed by atoms with Crippen molar-refractivity contribution in [2.75, 3.05) is 39.4 Å². The van der Waals surface area contributed by atoms with Crippen LogP contribution >= 0.6 is 11.6 Å². The molecule has 4 heterocycles. The van der Waals surface area contributed by atoms with Gasteiger partial charge in [0.05, 0.1) is 12.6 Å². The molecule has 2 aromatic heterocycles. The van der Waals surface area contributed by atoms with E-state index in [0.29, 0.717) is 87.2 Å². The third kappa shape index (κ3) is 7.71. The molecule has 1 saturated heterocycles. The molecule has 0 aliphatic carbocycles. The van der Waals surface area contributed by atoms with Gasteiger partial charge in [-0.1, -0.05) is 41.9 Å². The van der Waals surface area contributed by atoms with E-state index in [1.807, 2.05) is 43.5 Å². The fourth-order valence-electron chi connectivity index (χ4n) is 6.16. The van der Waals surface area contributed by atoms with Gasteiger partial charge in [0, 0.05) is 61.9 Å². The second-order valence-corrected chi connectivity index (χ2v) is 12.3. The summed E-state index contributed by atoms with van der Waals surface area (Å²) in [6.07, 6.45) is 6.51. The predicted molar refractivity (Wildman–Crippen MR) is 179 cm³/mol. The Balaban J connectivity index is 1.25. The van der Waals surface area contributed by atoms with Gasteiger partial charge >= 0.3 is 0 Å². The van der Waals surface area contributed by atoms with Crippen LogP contribution in [0.5, 0.6) is 5.75 Å². The first-order valence-electron chi connectivity index (χ1n) is 16.4. The highest BCUT2D eigenvalue weighted by molar-refractivity contribution is 6.31. The summed E-state index contributed by atoms with van der Waals surface area (Å²) in [5, 5.41) is 7.81. The molecule has 12 nitrogen and oxygen atoms in total. The number of benzene rings is 2. The van der Waals surface area contributed by atoms with E-state index in [0.717, 1.165) is 11.4 Å². The number of amides is 3. The highest BCUT2D eigenvalue weighted by Gasteiger charge is 2.39. The number of aryl methyl sites for hydroxylation is 2. The smallest absolute Gasteiger partial charge is 0.274 e. The molecule has 48 heavy (non-hydrogen) atoms. The molecule has 6 rings (SSSR count). The van der Waals surface area contributed by atoms with Crippen molar-refractivity contribution in [3.05, 3.63) is 89.5 Å². The number of halogens is 1. The van der Waals surface area contributed by atoms with Crippen molar-refractivity contribution < 1.29 is 23.9 Å². The molecule has 0 spiro atoms. The van der Waals surface area contributed by atoms with E-state index in [-0.39, 0.29) is 24.3 Å². The first kappa shape index (κ1) is 33.2. The van der Waals surface area contributed by atoms with E-state index < -0.39 is 12.1 Å². The summed E-state index contributed by atoms with van der Waals surface area (Å²) in [4.78, 5) is 48.4. The minimum absolute atomic E-state index is 0.165. The van der Waals surface area contributed by atoms with Gasteiger partial charge in [0.25, 0.3) is 11.8 Å². The molecule has 0 radical (unpaired) electrons. The molecule has 2 aromatic carbocycles. The third-order valence-electron chi connectivity index (χ3n) is 8.65. The van der Waals surface area contributed by atoms with Crippen LogP contribution in [-0.4, -0.2) is 92.3 Å². The Bertz CT molecular complexity index is 1740. The molecule has 13 heteroatoms. The molecule has 3 amide bonds. The lowest BCUT2D eigenvalue weighted by Crippen LogP contribution is -2.53. The first-order chi connectivity index (χ1) is 23.4. The number of hydrogen-bond donors (Lipinski definition) is 1. The zero-order chi connectivity index (χ0) is 33.5. The molecule has 2 aliphatic rings. The summed E-state index contributed by atoms with van der Waals surface area (Å²) >= 11 is 6.51. The monoisotopic (exact) mass is 673 g/mol. The van der Waals surface area contributed by atoms with Gasteiger partial charge in [-0.05, 0) is 56.0 Å². The summed E-state index contributed by atoms with van der Waals surface area (Å²) in [5.41, 5.74) is 1.92. The molecule has 1 N–H and O–H groups in total. The molecule has 0 saturated carbocycles. The Kier molecular flexibility index (Phi) is 10.7. The number of carbonyl (C=O) groups is 3. The Morgan fingerprint density at radius 1 is 0.958 bits per heavy atom. The molecular formula is C35H40ClN7O5. The van der Waals surface area contributed by atoms with E-state index in [1.54, 1.807) is 51.1 Å². The zero-order valence-corrected chi connectivity index (χ0v) is 27.7. The summed E-state index contributed by atoms with van der Waals surface area (Å²) in [5.74, 6) is 0.799. The van der Waals surface area contributed by atoms with Crippen molar-refractivity contribution >= 4 is 29.3 Å². The van der Waals surface area contributed by atoms with Crippen LogP contribution in [0.3, 0.4) is 0 Å². The number of aromatic nitrogens is 4. The molecule has 4 aromatic rings. The maximum atomic E-state index is 14.2. The quantitative estimate of drug-likeness (QED) is 0.344. The minimum Gasteiger partial charge on any atom is -0.492 e. The Morgan fingerprint density at radius 2 is 1.77 bits per heavy atom.